The van der Waals surface area contributed by atoms with Crippen molar-refractivity contribution in [2.24, 2.45) is 10.7 Å². The van der Waals surface area contributed by atoms with Crippen molar-refractivity contribution >= 4 is 29.9 Å². The standard InChI is InChI=1S/C12H26N4O.HI/c1-10(2)15-11(13)14-9-12(16(3)4)5-7-17-8-6-12;/h10H,5-9H2,1-4H3,(H3,13,14,15);1H. The molecule has 0 aromatic carbocycles. The fraction of sp³-hybridized carbons (Fsp3) is 0.917. The fourth-order valence-corrected chi connectivity index (χ4v) is 2.07. The summed E-state index contributed by atoms with van der Waals surface area (Å²) in [7, 11) is 4.21. The number of ether oxygens (including phenoxy) is 1. The zero-order chi connectivity index (χ0) is 12.9. The van der Waals surface area contributed by atoms with E-state index in [1.165, 1.54) is 0 Å². The molecule has 1 saturated heterocycles. The van der Waals surface area contributed by atoms with Gasteiger partial charge in [0.05, 0.1) is 6.54 Å². The predicted molar refractivity (Wildman–Crippen MR) is 86.6 cm³/mol. The van der Waals surface area contributed by atoms with Crippen LogP contribution in [0, 0.1) is 0 Å². The Morgan fingerprint density at radius 2 is 1.94 bits per heavy atom. The molecule has 0 aromatic rings. The second-order valence-electron chi connectivity index (χ2n) is 5.23. The first-order valence-electron chi connectivity index (χ1n) is 6.28. The summed E-state index contributed by atoms with van der Waals surface area (Å²) >= 11 is 0. The van der Waals surface area contributed by atoms with Gasteiger partial charge in [-0.15, -0.1) is 24.0 Å². The molecule has 0 amide bonds. The van der Waals surface area contributed by atoms with Crippen molar-refractivity contribution in [3.05, 3.63) is 0 Å². The first-order valence-corrected chi connectivity index (χ1v) is 6.28. The molecule has 0 saturated carbocycles. The highest BCUT2D eigenvalue weighted by molar-refractivity contribution is 14.0. The molecule has 1 rings (SSSR count). The smallest absolute Gasteiger partial charge is 0.188 e. The Bertz CT molecular complexity index is 263. The van der Waals surface area contributed by atoms with Gasteiger partial charge in [0.1, 0.15) is 0 Å². The quantitative estimate of drug-likeness (QED) is 0.441. The van der Waals surface area contributed by atoms with Crippen LogP contribution in [0.2, 0.25) is 0 Å². The van der Waals surface area contributed by atoms with Crippen LogP contribution in [0.3, 0.4) is 0 Å². The monoisotopic (exact) mass is 370 g/mol. The van der Waals surface area contributed by atoms with Crippen molar-refractivity contribution in [1.29, 1.82) is 0 Å². The van der Waals surface area contributed by atoms with Crippen molar-refractivity contribution in [3.8, 4) is 0 Å². The van der Waals surface area contributed by atoms with E-state index in [2.05, 4.69) is 43.2 Å². The van der Waals surface area contributed by atoms with Crippen LogP contribution >= 0.6 is 24.0 Å². The van der Waals surface area contributed by atoms with E-state index in [4.69, 9.17) is 10.5 Å². The van der Waals surface area contributed by atoms with Crippen LogP contribution in [0.1, 0.15) is 26.7 Å². The molecule has 3 N–H and O–H groups in total. The second kappa shape index (κ2) is 8.16. The van der Waals surface area contributed by atoms with Gasteiger partial charge in [0.15, 0.2) is 5.96 Å². The van der Waals surface area contributed by atoms with Crippen molar-refractivity contribution in [3.63, 3.8) is 0 Å². The molecule has 0 bridgehead atoms. The number of nitrogens with one attached hydrogen (secondary N) is 1. The molecular formula is C12H27IN4O. The molecule has 0 aliphatic carbocycles. The molecule has 0 unspecified atom stereocenters. The lowest BCUT2D eigenvalue weighted by molar-refractivity contribution is -0.00253. The molecule has 0 radical (unpaired) electrons. The Hall–Kier alpha value is -0.0800. The lowest BCUT2D eigenvalue weighted by Gasteiger charge is -2.41. The topological polar surface area (TPSA) is 62.9 Å². The molecule has 1 aliphatic rings. The van der Waals surface area contributed by atoms with E-state index in [1.54, 1.807) is 0 Å². The number of halogens is 1. The second-order valence-corrected chi connectivity index (χ2v) is 5.23. The Morgan fingerprint density at radius 1 is 1.39 bits per heavy atom. The molecule has 5 nitrogen and oxygen atoms in total. The van der Waals surface area contributed by atoms with Gasteiger partial charge in [-0.1, -0.05) is 0 Å². The molecule has 1 aliphatic heterocycles. The Morgan fingerprint density at radius 3 is 2.39 bits per heavy atom. The molecule has 18 heavy (non-hydrogen) atoms. The van der Waals surface area contributed by atoms with Gasteiger partial charge in [0, 0.05) is 24.8 Å². The zero-order valence-electron chi connectivity index (χ0n) is 11.9. The maximum Gasteiger partial charge on any atom is 0.188 e. The normalized spacial score (nSPS) is 19.8. The summed E-state index contributed by atoms with van der Waals surface area (Å²) in [6.07, 6.45) is 2.02. The van der Waals surface area contributed by atoms with Crippen LogP contribution in [0.15, 0.2) is 4.99 Å². The van der Waals surface area contributed by atoms with Crippen LogP contribution in [0.5, 0.6) is 0 Å². The zero-order valence-corrected chi connectivity index (χ0v) is 14.2. The van der Waals surface area contributed by atoms with Crippen molar-refractivity contribution in [2.75, 3.05) is 33.9 Å². The first-order chi connectivity index (χ1) is 7.96. The number of likely N-dealkylation sites (N-methyl/N-ethyl adjacent to an activating group) is 1. The van der Waals surface area contributed by atoms with E-state index in [9.17, 15) is 0 Å². The van der Waals surface area contributed by atoms with Gasteiger partial charge in [-0.25, -0.2) is 0 Å². The summed E-state index contributed by atoms with van der Waals surface area (Å²) in [6, 6.07) is 0.323. The average molecular weight is 370 g/mol. The van der Waals surface area contributed by atoms with Crippen molar-refractivity contribution in [2.45, 2.75) is 38.3 Å². The third-order valence-electron chi connectivity index (χ3n) is 3.35. The highest BCUT2D eigenvalue weighted by Crippen LogP contribution is 2.26. The Labute approximate surface area is 128 Å². The predicted octanol–water partition coefficient (Wildman–Crippen LogP) is 1.03. The number of hydrogen-bond acceptors (Lipinski definition) is 3. The largest absolute Gasteiger partial charge is 0.381 e. The molecule has 108 valence electrons. The molecule has 6 heteroatoms. The number of nitrogens with zero attached hydrogens (tertiary/aromatic N) is 2. The highest BCUT2D eigenvalue weighted by atomic mass is 127. The van der Waals surface area contributed by atoms with Crippen LogP contribution in [0.4, 0.5) is 0 Å². The van der Waals surface area contributed by atoms with E-state index in [0.29, 0.717) is 12.0 Å². The van der Waals surface area contributed by atoms with E-state index in [-0.39, 0.29) is 29.5 Å². The van der Waals surface area contributed by atoms with Gasteiger partial charge < -0.3 is 20.7 Å². The van der Waals surface area contributed by atoms with Crippen LogP contribution in [-0.2, 0) is 4.74 Å². The lowest BCUT2D eigenvalue weighted by Crippen LogP contribution is -2.51. The minimum absolute atomic E-state index is 0. The van der Waals surface area contributed by atoms with E-state index in [1.807, 2.05) is 0 Å². The maximum absolute atomic E-state index is 5.84. The summed E-state index contributed by atoms with van der Waals surface area (Å²) in [6.45, 7) is 6.46. The summed E-state index contributed by atoms with van der Waals surface area (Å²) in [5.41, 5.74) is 5.94. The number of guanidine groups is 1. The number of aliphatic imine (C=N–C) groups is 1. The first kappa shape index (κ1) is 17.9. The van der Waals surface area contributed by atoms with Crippen molar-refractivity contribution < 1.29 is 4.74 Å². The summed E-state index contributed by atoms with van der Waals surface area (Å²) < 4.78 is 5.42. The van der Waals surface area contributed by atoms with Crippen LogP contribution < -0.4 is 11.1 Å². The molecule has 0 spiro atoms. The molecule has 1 fully saturated rings. The molecule has 0 atom stereocenters. The van der Waals surface area contributed by atoms with Crippen LogP contribution in [-0.4, -0.2) is 56.3 Å². The molecule has 1 heterocycles. The van der Waals surface area contributed by atoms with Crippen molar-refractivity contribution in [1.82, 2.24) is 10.2 Å². The Kier molecular flexibility index (Phi) is 8.13. The highest BCUT2D eigenvalue weighted by Gasteiger charge is 2.34. The average Bonchev–Trinajstić information content (AvgIpc) is 2.26. The number of nitrogens with two attached hydrogens (primary N) is 1. The molecule has 0 aromatic heterocycles. The summed E-state index contributed by atoms with van der Waals surface area (Å²) in [5.74, 6) is 0.535. The minimum Gasteiger partial charge on any atom is -0.381 e. The lowest BCUT2D eigenvalue weighted by atomic mass is 9.89. The number of hydrogen-bond donors (Lipinski definition) is 2. The van der Waals surface area contributed by atoms with Gasteiger partial charge in [-0.3, -0.25) is 4.99 Å². The van der Waals surface area contributed by atoms with Gasteiger partial charge in [0.25, 0.3) is 0 Å². The minimum atomic E-state index is 0. The van der Waals surface area contributed by atoms with Gasteiger partial charge in [-0.2, -0.15) is 0 Å². The van der Waals surface area contributed by atoms with E-state index >= 15 is 0 Å². The van der Waals surface area contributed by atoms with E-state index < -0.39 is 0 Å². The number of rotatable bonds is 4. The van der Waals surface area contributed by atoms with E-state index in [0.717, 1.165) is 32.6 Å². The van der Waals surface area contributed by atoms with Gasteiger partial charge in [-0.05, 0) is 40.8 Å². The van der Waals surface area contributed by atoms with Gasteiger partial charge >= 0.3 is 0 Å². The van der Waals surface area contributed by atoms with Gasteiger partial charge in [0.2, 0.25) is 0 Å². The fourth-order valence-electron chi connectivity index (χ4n) is 2.07. The Balaban J connectivity index is 0.00000289. The molecular weight excluding hydrogens is 343 g/mol. The maximum atomic E-state index is 5.84. The summed E-state index contributed by atoms with van der Waals surface area (Å²) in [4.78, 5) is 6.72. The SMILES string of the molecule is CC(C)NC(N)=NCC1(N(C)C)CCOCC1.I. The van der Waals surface area contributed by atoms with Crippen LogP contribution in [0.25, 0.3) is 0 Å². The summed E-state index contributed by atoms with van der Waals surface area (Å²) in [5, 5.41) is 3.12. The third-order valence-corrected chi connectivity index (χ3v) is 3.35. The third kappa shape index (κ3) is 5.27.